The lowest BCUT2D eigenvalue weighted by Gasteiger charge is -2.36. The van der Waals surface area contributed by atoms with Crippen molar-refractivity contribution in [3.63, 3.8) is 0 Å². The molecule has 1 atom stereocenters. The Hall–Kier alpha value is -1.43. The van der Waals surface area contributed by atoms with Crippen LogP contribution in [0, 0.1) is 5.41 Å². The van der Waals surface area contributed by atoms with Gasteiger partial charge in [0.15, 0.2) is 5.60 Å². The highest BCUT2D eigenvalue weighted by molar-refractivity contribution is 5.84. The van der Waals surface area contributed by atoms with Crippen molar-refractivity contribution in [1.29, 1.82) is 0 Å². The number of aliphatic hydroxyl groups is 1. The van der Waals surface area contributed by atoms with Gasteiger partial charge in [0.05, 0.1) is 0 Å². The number of Topliss-reactive ketones (excluding diaryl/α,β-unsaturated/α-hetero) is 1. The van der Waals surface area contributed by atoms with Crippen LogP contribution in [0.25, 0.3) is 0 Å². The second-order valence-electron chi connectivity index (χ2n) is 6.00. The van der Waals surface area contributed by atoms with Gasteiger partial charge in [-0.2, -0.15) is 8.78 Å². The molecule has 0 fully saturated rings. The minimum Gasteiger partial charge on any atom is -0.378 e. The molecule has 1 aromatic rings. The highest BCUT2D eigenvalue weighted by Gasteiger charge is 2.61. The Kier molecular flexibility index (Phi) is 4.83. The maximum atomic E-state index is 13.9. The van der Waals surface area contributed by atoms with Gasteiger partial charge in [0.25, 0.3) is 0 Å². The van der Waals surface area contributed by atoms with Crippen LogP contribution in [0.4, 0.5) is 17.6 Å². The zero-order valence-corrected chi connectivity index (χ0v) is 12.0. The quantitative estimate of drug-likeness (QED) is 0.841. The topological polar surface area (TPSA) is 37.3 Å². The molecule has 21 heavy (non-hydrogen) atoms. The van der Waals surface area contributed by atoms with Gasteiger partial charge in [-0.1, -0.05) is 51.1 Å². The van der Waals surface area contributed by atoms with Crippen LogP contribution in [-0.4, -0.2) is 23.2 Å². The van der Waals surface area contributed by atoms with E-state index in [1.54, 1.807) is 0 Å². The van der Waals surface area contributed by atoms with Crippen molar-refractivity contribution in [2.24, 2.45) is 5.41 Å². The fourth-order valence-electron chi connectivity index (χ4n) is 1.80. The molecule has 1 aromatic carbocycles. The number of hydrogen-bond acceptors (Lipinski definition) is 2. The van der Waals surface area contributed by atoms with Gasteiger partial charge < -0.3 is 5.11 Å². The lowest BCUT2D eigenvalue weighted by atomic mass is 9.77. The van der Waals surface area contributed by atoms with E-state index < -0.39 is 41.1 Å². The third-order valence-corrected chi connectivity index (χ3v) is 3.33. The minimum absolute atomic E-state index is 0.409. The van der Waals surface area contributed by atoms with Crippen LogP contribution in [0.3, 0.4) is 0 Å². The SMILES string of the molecule is CC(C)(C)C(=O)C[C@@](O)(c1ccccc1)C(F)(F)C(F)F. The molecular weight excluding hydrogens is 288 g/mol. The van der Waals surface area contributed by atoms with E-state index in [9.17, 15) is 27.5 Å². The highest BCUT2D eigenvalue weighted by Crippen LogP contribution is 2.45. The zero-order chi connectivity index (χ0) is 16.5. The van der Waals surface area contributed by atoms with Gasteiger partial charge in [-0.15, -0.1) is 0 Å². The van der Waals surface area contributed by atoms with E-state index in [1.165, 1.54) is 39.0 Å². The van der Waals surface area contributed by atoms with Crippen LogP contribution in [0.15, 0.2) is 30.3 Å². The average Bonchev–Trinajstić information content (AvgIpc) is 2.38. The lowest BCUT2D eigenvalue weighted by molar-refractivity contribution is -0.250. The fourth-order valence-corrected chi connectivity index (χ4v) is 1.80. The molecule has 0 saturated heterocycles. The first-order valence-electron chi connectivity index (χ1n) is 6.40. The zero-order valence-electron chi connectivity index (χ0n) is 12.0. The van der Waals surface area contributed by atoms with E-state index >= 15 is 0 Å². The van der Waals surface area contributed by atoms with Crippen molar-refractivity contribution >= 4 is 5.78 Å². The van der Waals surface area contributed by atoms with Crippen LogP contribution < -0.4 is 0 Å². The van der Waals surface area contributed by atoms with Crippen LogP contribution in [0.1, 0.15) is 32.8 Å². The molecule has 0 spiro atoms. The molecule has 0 radical (unpaired) electrons. The Bertz CT molecular complexity index is 494. The number of hydrogen-bond donors (Lipinski definition) is 1. The van der Waals surface area contributed by atoms with Gasteiger partial charge in [0.2, 0.25) is 0 Å². The van der Waals surface area contributed by atoms with Gasteiger partial charge in [-0.05, 0) is 5.56 Å². The summed E-state index contributed by atoms with van der Waals surface area (Å²) in [4.78, 5) is 12.0. The molecule has 0 amide bonds. The third-order valence-electron chi connectivity index (χ3n) is 3.33. The van der Waals surface area contributed by atoms with Crippen LogP contribution >= 0.6 is 0 Å². The molecule has 0 aliphatic carbocycles. The number of carbonyl (C=O) groups excluding carboxylic acids is 1. The van der Waals surface area contributed by atoms with Crippen molar-refractivity contribution < 1.29 is 27.5 Å². The standard InChI is InChI=1S/C15H18F4O2/c1-13(2,3)11(20)9-14(21,15(18,19)12(16)17)10-7-5-4-6-8-10/h4-8,12,21H,9H2,1-3H3/t14-/m1/s1. The smallest absolute Gasteiger partial charge is 0.339 e. The predicted octanol–water partition coefficient (Wildman–Crippen LogP) is 3.78. The van der Waals surface area contributed by atoms with Crippen LogP contribution in [0.2, 0.25) is 0 Å². The first-order chi connectivity index (χ1) is 9.43. The molecule has 0 bridgehead atoms. The Morgan fingerprint density at radius 1 is 1.14 bits per heavy atom. The monoisotopic (exact) mass is 306 g/mol. The summed E-state index contributed by atoms with van der Waals surface area (Å²) < 4.78 is 53.2. The first-order valence-corrected chi connectivity index (χ1v) is 6.40. The van der Waals surface area contributed by atoms with Gasteiger partial charge in [-0.3, -0.25) is 4.79 Å². The van der Waals surface area contributed by atoms with E-state index in [-0.39, 0.29) is 0 Å². The third kappa shape index (κ3) is 3.43. The summed E-state index contributed by atoms with van der Waals surface area (Å²) >= 11 is 0. The summed E-state index contributed by atoms with van der Waals surface area (Å²) in [6, 6.07) is 6.38. The summed E-state index contributed by atoms with van der Waals surface area (Å²) in [5.74, 6) is -5.47. The van der Waals surface area contributed by atoms with Crippen LogP contribution in [-0.2, 0) is 10.4 Å². The molecule has 2 nitrogen and oxygen atoms in total. The highest BCUT2D eigenvalue weighted by atomic mass is 19.3. The van der Waals surface area contributed by atoms with Crippen LogP contribution in [0.5, 0.6) is 0 Å². The van der Waals surface area contributed by atoms with Gasteiger partial charge >= 0.3 is 12.3 Å². The Labute approximate surface area is 120 Å². The summed E-state index contributed by atoms with van der Waals surface area (Å²) in [5.41, 5.74) is -4.68. The number of alkyl halides is 4. The molecule has 0 aliphatic rings. The number of halogens is 4. The van der Waals surface area contributed by atoms with Crippen molar-refractivity contribution in [2.45, 2.75) is 45.1 Å². The normalized spacial score (nSPS) is 15.9. The van der Waals surface area contributed by atoms with Gasteiger partial charge in [-0.25, -0.2) is 8.78 Å². The predicted molar refractivity (Wildman–Crippen MR) is 70.4 cm³/mol. The summed E-state index contributed by atoms with van der Waals surface area (Å²) in [7, 11) is 0. The molecule has 118 valence electrons. The van der Waals surface area contributed by atoms with E-state index in [4.69, 9.17) is 0 Å². The van der Waals surface area contributed by atoms with E-state index in [1.807, 2.05) is 0 Å². The second kappa shape index (κ2) is 5.75. The first kappa shape index (κ1) is 17.6. The Balaban J connectivity index is 3.35. The van der Waals surface area contributed by atoms with E-state index in [0.717, 1.165) is 12.1 Å². The van der Waals surface area contributed by atoms with Crippen molar-refractivity contribution in [3.05, 3.63) is 35.9 Å². The number of rotatable bonds is 5. The maximum absolute atomic E-state index is 13.9. The molecule has 1 rings (SSSR count). The molecule has 6 heteroatoms. The van der Waals surface area contributed by atoms with Crippen molar-refractivity contribution in [1.82, 2.24) is 0 Å². The molecule has 0 saturated carbocycles. The molecule has 0 heterocycles. The summed E-state index contributed by atoms with van der Waals surface area (Å²) in [5, 5.41) is 10.3. The summed E-state index contributed by atoms with van der Waals surface area (Å²) in [6.45, 7) is 4.42. The Morgan fingerprint density at radius 2 is 1.62 bits per heavy atom. The van der Waals surface area contributed by atoms with Crippen molar-refractivity contribution in [2.75, 3.05) is 0 Å². The summed E-state index contributed by atoms with van der Waals surface area (Å²) in [6.07, 6.45) is -5.17. The number of benzene rings is 1. The molecule has 0 aromatic heterocycles. The van der Waals surface area contributed by atoms with Crippen molar-refractivity contribution in [3.8, 4) is 0 Å². The number of carbonyl (C=O) groups is 1. The van der Waals surface area contributed by atoms with E-state index in [0.29, 0.717) is 0 Å². The van der Waals surface area contributed by atoms with E-state index in [2.05, 4.69) is 0 Å². The molecule has 0 unspecified atom stereocenters. The molecule has 0 aliphatic heterocycles. The van der Waals surface area contributed by atoms with Gasteiger partial charge in [0, 0.05) is 11.8 Å². The number of ketones is 1. The Morgan fingerprint density at radius 3 is 2.00 bits per heavy atom. The largest absolute Gasteiger partial charge is 0.378 e. The average molecular weight is 306 g/mol. The lowest BCUT2D eigenvalue weighted by Crippen LogP contribution is -2.52. The van der Waals surface area contributed by atoms with Gasteiger partial charge in [0.1, 0.15) is 5.78 Å². The second-order valence-corrected chi connectivity index (χ2v) is 6.00. The molecule has 1 N–H and O–H groups in total. The fraction of sp³-hybridized carbons (Fsp3) is 0.533. The minimum atomic E-state index is -4.74. The maximum Gasteiger partial charge on any atom is 0.339 e. The molecular formula is C15H18F4O2.